The number of hydrogen-bond donors (Lipinski definition) is 4. The molecule has 0 aliphatic carbocycles. The van der Waals surface area contributed by atoms with Crippen LogP contribution in [0.3, 0.4) is 0 Å². The Morgan fingerprint density at radius 3 is 2.18 bits per heavy atom. The van der Waals surface area contributed by atoms with E-state index in [0.717, 1.165) is 19.3 Å². The third-order valence-corrected chi connectivity index (χ3v) is 2.01. The molecule has 0 saturated heterocycles. The lowest BCUT2D eigenvalue weighted by molar-refractivity contribution is -0.121. The highest BCUT2D eigenvalue weighted by Crippen LogP contribution is 1.97. The van der Waals surface area contributed by atoms with Gasteiger partial charge in [-0.15, -0.1) is 0 Å². The lowest BCUT2D eigenvalue weighted by Gasteiger charge is -2.05. The first-order chi connectivity index (χ1) is 8.02. The molecule has 0 bridgehead atoms. The van der Waals surface area contributed by atoms with E-state index >= 15 is 0 Å². The molecule has 0 aliphatic heterocycles. The van der Waals surface area contributed by atoms with E-state index in [0.29, 0.717) is 13.0 Å². The maximum Gasteiger partial charge on any atom is 0.233 e. The van der Waals surface area contributed by atoms with Crippen molar-refractivity contribution < 1.29 is 14.4 Å². The molecule has 7 nitrogen and oxygen atoms in total. The number of nitrogens with one attached hydrogen (secondary N) is 2. The van der Waals surface area contributed by atoms with Crippen LogP contribution in [0.2, 0.25) is 0 Å². The molecule has 0 heterocycles. The molecule has 0 aromatic heterocycles. The molecule has 6 N–H and O–H groups in total. The second-order valence-electron chi connectivity index (χ2n) is 3.70. The van der Waals surface area contributed by atoms with Crippen molar-refractivity contribution in [2.75, 3.05) is 19.6 Å². The van der Waals surface area contributed by atoms with E-state index in [9.17, 15) is 14.4 Å². The predicted octanol–water partition coefficient (Wildman–Crippen LogP) is -1.78. The van der Waals surface area contributed by atoms with Crippen molar-refractivity contribution in [2.45, 2.75) is 25.7 Å². The highest BCUT2D eigenvalue weighted by molar-refractivity contribution is 5.80. The third-order valence-electron chi connectivity index (χ3n) is 2.01. The second kappa shape index (κ2) is 9.59. The number of rotatable bonds is 10. The van der Waals surface area contributed by atoms with Gasteiger partial charge in [0.05, 0.1) is 13.1 Å². The number of amides is 3. The summed E-state index contributed by atoms with van der Waals surface area (Å²) in [5.74, 6) is -0.977. The Hall–Kier alpha value is -1.63. The minimum atomic E-state index is -0.496. The third kappa shape index (κ3) is 12.3. The van der Waals surface area contributed by atoms with Gasteiger partial charge in [0.15, 0.2) is 0 Å². The minimum absolute atomic E-state index is 0.00791. The van der Waals surface area contributed by atoms with Crippen molar-refractivity contribution in [2.24, 2.45) is 11.5 Å². The van der Waals surface area contributed by atoms with E-state index in [2.05, 4.69) is 10.6 Å². The summed E-state index contributed by atoms with van der Waals surface area (Å²) in [6.45, 7) is 0.617. The van der Waals surface area contributed by atoms with Crippen LogP contribution < -0.4 is 22.1 Å². The van der Waals surface area contributed by atoms with Crippen molar-refractivity contribution in [3.63, 3.8) is 0 Å². The lowest BCUT2D eigenvalue weighted by atomic mass is 10.2. The van der Waals surface area contributed by atoms with Crippen LogP contribution in [0.1, 0.15) is 25.7 Å². The minimum Gasteiger partial charge on any atom is -0.370 e. The van der Waals surface area contributed by atoms with E-state index in [4.69, 9.17) is 11.5 Å². The van der Waals surface area contributed by atoms with Crippen LogP contribution in [-0.4, -0.2) is 37.4 Å². The van der Waals surface area contributed by atoms with Gasteiger partial charge in [-0.3, -0.25) is 19.7 Å². The molecule has 0 spiro atoms. The molecule has 0 aromatic carbocycles. The number of nitrogens with two attached hydrogens (primary N) is 2. The summed E-state index contributed by atoms with van der Waals surface area (Å²) in [6, 6.07) is 0. The van der Waals surface area contributed by atoms with Crippen LogP contribution in [0.25, 0.3) is 0 Å². The molecule has 17 heavy (non-hydrogen) atoms. The van der Waals surface area contributed by atoms with Crippen LogP contribution in [0.15, 0.2) is 0 Å². The Kier molecular flexibility index (Phi) is 8.67. The highest BCUT2D eigenvalue weighted by Gasteiger charge is 2.01. The number of primary amides is 2. The quantitative estimate of drug-likeness (QED) is 0.339. The van der Waals surface area contributed by atoms with Gasteiger partial charge in [0.1, 0.15) is 0 Å². The maximum absolute atomic E-state index is 11.2. The molecule has 0 saturated carbocycles. The van der Waals surface area contributed by atoms with Crippen LogP contribution in [0, 0.1) is 0 Å². The monoisotopic (exact) mass is 244 g/mol. The first kappa shape index (κ1) is 15.4. The second-order valence-corrected chi connectivity index (χ2v) is 3.70. The molecule has 7 heteroatoms. The van der Waals surface area contributed by atoms with Gasteiger partial charge in [0.25, 0.3) is 0 Å². The van der Waals surface area contributed by atoms with Gasteiger partial charge < -0.3 is 16.8 Å². The molecule has 0 unspecified atom stereocenters. The summed E-state index contributed by atoms with van der Waals surface area (Å²) in [5.41, 5.74) is 9.87. The van der Waals surface area contributed by atoms with Gasteiger partial charge in [-0.05, 0) is 12.8 Å². The summed E-state index contributed by atoms with van der Waals surface area (Å²) in [4.78, 5) is 31.9. The number of carbonyl (C=O) groups is 3. The van der Waals surface area contributed by atoms with E-state index in [1.54, 1.807) is 0 Å². The molecule has 0 aromatic rings. The highest BCUT2D eigenvalue weighted by atomic mass is 16.2. The van der Waals surface area contributed by atoms with Crippen molar-refractivity contribution in [3.8, 4) is 0 Å². The molecular weight excluding hydrogens is 224 g/mol. The summed E-state index contributed by atoms with van der Waals surface area (Å²) in [6.07, 6.45) is 2.77. The first-order valence-corrected chi connectivity index (χ1v) is 5.56. The normalized spacial score (nSPS) is 9.88. The van der Waals surface area contributed by atoms with Gasteiger partial charge in [0, 0.05) is 13.0 Å². The molecular formula is C10H20N4O3. The van der Waals surface area contributed by atoms with E-state index in [-0.39, 0.29) is 24.9 Å². The number of carbonyl (C=O) groups excluding carboxylic acids is 3. The van der Waals surface area contributed by atoms with Crippen LogP contribution in [0.5, 0.6) is 0 Å². The summed E-state index contributed by atoms with van der Waals surface area (Å²) in [7, 11) is 0. The van der Waals surface area contributed by atoms with E-state index < -0.39 is 5.91 Å². The maximum atomic E-state index is 11.2. The van der Waals surface area contributed by atoms with Crippen molar-refractivity contribution in [3.05, 3.63) is 0 Å². The largest absolute Gasteiger partial charge is 0.370 e. The molecule has 0 rings (SSSR count). The fourth-order valence-corrected chi connectivity index (χ4v) is 1.19. The van der Waals surface area contributed by atoms with Gasteiger partial charge in [0.2, 0.25) is 17.7 Å². The summed E-state index contributed by atoms with van der Waals surface area (Å²) in [5, 5.41) is 5.28. The van der Waals surface area contributed by atoms with Gasteiger partial charge in [-0.25, -0.2) is 0 Å². The number of unbranched alkanes of at least 4 members (excludes halogenated alkanes) is 2. The molecule has 0 aliphatic rings. The Labute approximate surface area is 100 Å². The molecule has 0 radical (unpaired) electrons. The zero-order valence-electron chi connectivity index (χ0n) is 9.83. The van der Waals surface area contributed by atoms with Crippen molar-refractivity contribution >= 4 is 17.7 Å². The molecule has 0 atom stereocenters. The fraction of sp³-hybridized carbons (Fsp3) is 0.700. The SMILES string of the molecule is NC(=O)CCCCCNC(=O)CNCC(N)=O. The van der Waals surface area contributed by atoms with E-state index in [1.165, 1.54) is 0 Å². The topological polar surface area (TPSA) is 127 Å². The van der Waals surface area contributed by atoms with Crippen LogP contribution in [0.4, 0.5) is 0 Å². The zero-order chi connectivity index (χ0) is 13.1. The van der Waals surface area contributed by atoms with Crippen molar-refractivity contribution in [1.29, 1.82) is 0 Å². The lowest BCUT2D eigenvalue weighted by Crippen LogP contribution is -2.38. The summed E-state index contributed by atoms with van der Waals surface area (Å²) >= 11 is 0. The Morgan fingerprint density at radius 2 is 1.59 bits per heavy atom. The smallest absolute Gasteiger partial charge is 0.233 e. The van der Waals surface area contributed by atoms with Crippen LogP contribution >= 0.6 is 0 Å². The Bertz CT molecular complexity index is 268. The standard InChI is InChI=1S/C10H20N4O3/c11-8(15)4-2-1-3-5-14-10(17)7-13-6-9(12)16/h13H,1-7H2,(H2,11,15)(H2,12,16)(H,14,17). The zero-order valence-corrected chi connectivity index (χ0v) is 9.83. The van der Waals surface area contributed by atoms with Crippen LogP contribution in [-0.2, 0) is 14.4 Å². The van der Waals surface area contributed by atoms with Gasteiger partial charge in [-0.2, -0.15) is 0 Å². The average molecular weight is 244 g/mol. The van der Waals surface area contributed by atoms with Gasteiger partial charge in [-0.1, -0.05) is 6.42 Å². The fourth-order valence-electron chi connectivity index (χ4n) is 1.19. The predicted molar refractivity (Wildman–Crippen MR) is 62.7 cm³/mol. The molecule has 98 valence electrons. The first-order valence-electron chi connectivity index (χ1n) is 5.56. The van der Waals surface area contributed by atoms with Gasteiger partial charge >= 0.3 is 0 Å². The molecule has 3 amide bonds. The van der Waals surface area contributed by atoms with E-state index in [1.807, 2.05) is 0 Å². The average Bonchev–Trinajstić information content (AvgIpc) is 2.22. The number of hydrogen-bond acceptors (Lipinski definition) is 4. The Balaban J connectivity index is 3.27. The molecule has 0 fully saturated rings. The summed E-state index contributed by atoms with van der Waals surface area (Å²) < 4.78 is 0. The van der Waals surface area contributed by atoms with Crippen molar-refractivity contribution in [1.82, 2.24) is 10.6 Å². The Morgan fingerprint density at radius 1 is 0.882 bits per heavy atom.